The van der Waals surface area contributed by atoms with Crippen LogP contribution in [0, 0.1) is 0 Å². The van der Waals surface area contributed by atoms with Crippen molar-refractivity contribution in [3.8, 4) is 5.75 Å². The molecule has 5 heteroatoms. The molecule has 2 rings (SSSR count). The van der Waals surface area contributed by atoms with Crippen molar-refractivity contribution in [1.82, 2.24) is 9.88 Å². The van der Waals surface area contributed by atoms with Crippen molar-refractivity contribution < 1.29 is 9.53 Å². The number of methoxy groups -OCH3 is 1. The molecule has 0 saturated heterocycles. The van der Waals surface area contributed by atoms with Crippen molar-refractivity contribution in [3.63, 3.8) is 0 Å². The predicted molar refractivity (Wildman–Crippen MR) is 77.4 cm³/mol. The number of amides is 1. The molecule has 0 aliphatic heterocycles. The Morgan fingerprint density at radius 1 is 1.25 bits per heavy atom. The van der Waals surface area contributed by atoms with E-state index in [2.05, 4.69) is 4.98 Å². The van der Waals surface area contributed by atoms with Gasteiger partial charge in [-0.25, -0.2) is 4.98 Å². The molecule has 0 spiro atoms. The second-order valence-electron chi connectivity index (χ2n) is 4.49. The highest BCUT2D eigenvalue weighted by Gasteiger charge is 2.13. The third-order valence-corrected chi connectivity index (χ3v) is 2.93. The number of aromatic nitrogens is 1. The van der Waals surface area contributed by atoms with Crippen LogP contribution in [0.25, 0.3) is 0 Å². The number of rotatable bonds is 4. The normalized spacial score (nSPS) is 10.1. The number of hydrogen-bond acceptors (Lipinski definition) is 4. The van der Waals surface area contributed by atoms with Crippen LogP contribution in [-0.2, 0) is 6.54 Å². The maximum absolute atomic E-state index is 12.2. The van der Waals surface area contributed by atoms with Crippen LogP contribution >= 0.6 is 0 Å². The number of hydrogen-bond donors (Lipinski definition) is 1. The second kappa shape index (κ2) is 6.06. The molecule has 0 unspecified atom stereocenters. The van der Waals surface area contributed by atoms with Gasteiger partial charge in [-0.2, -0.15) is 0 Å². The largest absolute Gasteiger partial charge is 0.497 e. The number of pyridine rings is 1. The van der Waals surface area contributed by atoms with Gasteiger partial charge in [0.1, 0.15) is 11.4 Å². The van der Waals surface area contributed by atoms with Gasteiger partial charge in [0.05, 0.1) is 19.0 Å². The zero-order chi connectivity index (χ0) is 14.5. The van der Waals surface area contributed by atoms with Gasteiger partial charge < -0.3 is 15.4 Å². The van der Waals surface area contributed by atoms with Gasteiger partial charge in [0.25, 0.3) is 5.91 Å². The van der Waals surface area contributed by atoms with Gasteiger partial charge in [0.15, 0.2) is 0 Å². The lowest BCUT2D eigenvalue weighted by Crippen LogP contribution is -2.26. The van der Waals surface area contributed by atoms with Gasteiger partial charge in [-0.3, -0.25) is 4.79 Å². The van der Waals surface area contributed by atoms with E-state index in [1.165, 1.54) is 6.20 Å². The number of nitrogen functional groups attached to an aromatic ring is 1. The van der Waals surface area contributed by atoms with Crippen LogP contribution < -0.4 is 10.5 Å². The van der Waals surface area contributed by atoms with E-state index in [1.807, 2.05) is 24.3 Å². The van der Waals surface area contributed by atoms with Crippen LogP contribution in [0.1, 0.15) is 16.1 Å². The van der Waals surface area contributed by atoms with Gasteiger partial charge in [-0.1, -0.05) is 12.1 Å². The van der Waals surface area contributed by atoms with E-state index in [0.29, 0.717) is 17.9 Å². The molecule has 1 amide bonds. The number of ether oxygens (including phenoxy) is 1. The molecule has 2 N–H and O–H groups in total. The molecule has 0 aliphatic carbocycles. The fraction of sp³-hybridized carbons (Fsp3) is 0.200. The predicted octanol–water partition coefficient (Wildman–Crippen LogP) is 1.94. The number of carbonyl (C=O) groups is 1. The Balaban J connectivity index is 2.04. The van der Waals surface area contributed by atoms with Crippen LogP contribution in [0.3, 0.4) is 0 Å². The highest BCUT2D eigenvalue weighted by molar-refractivity contribution is 5.92. The average molecular weight is 271 g/mol. The summed E-state index contributed by atoms with van der Waals surface area (Å²) in [5.41, 5.74) is 7.51. The highest BCUT2D eigenvalue weighted by atomic mass is 16.5. The topological polar surface area (TPSA) is 68.5 Å². The number of anilines is 1. The van der Waals surface area contributed by atoms with Crippen molar-refractivity contribution in [2.75, 3.05) is 19.9 Å². The fourth-order valence-corrected chi connectivity index (χ4v) is 1.80. The molecule has 2 aromatic rings. The molecule has 0 bridgehead atoms. The Labute approximate surface area is 118 Å². The van der Waals surface area contributed by atoms with E-state index in [-0.39, 0.29) is 5.91 Å². The molecule has 0 fully saturated rings. The summed E-state index contributed by atoms with van der Waals surface area (Å²) in [6.45, 7) is 0.509. The molecule has 5 nitrogen and oxygen atoms in total. The lowest BCUT2D eigenvalue weighted by molar-refractivity contribution is 0.0779. The van der Waals surface area contributed by atoms with Crippen LogP contribution in [-0.4, -0.2) is 29.9 Å². The first kappa shape index (κ1) is 13.9. The Morgan fingerprint density at radius 2 is 1.95 bits per heavy atom. The van der Waals surface area contributed by atoms with Crippen molar-refractivity contribution in [1.29, 1.82) is 0 Å². The molecule has 0 radical (unpaired) electrons. The molecule has 0 aliphatic rings. The molecule has 1 aromatic heterocycles. The minimum Gasteiger partial charge on any atom is -0.497 e. The first-order valence-electron chi connectivity index (χ1n) is 6.20. The first-order valence-corrected chi connectivity index (χ1v) is 6.20. The van der Waals surface area contributed by atoms with Crippen molar-refractivity contribution in [3.05, 3.63) is 53.9 Å². The smallest absolute Gasteiger partial charge is 0.272 e. The van der Waals surface area contributed by atoms with Gasteiger partial charge in [-0.05, 0) is 29.8 Å². The summed E-state index contributed by atoms with van der Waals surface area (Å²) >= 11 is 0. The first-order chi connectivity index (χ1) is 9.60. The number of nitrogens with zero attached hydrogens (tertiary/aromatic N) is 2. The average Bonchev–Trinajstić information content (AvgIpc) is 2.48. The standard InChI is InChI=1S/C15H17N3O2/c1-18(10-11-3-6-13(20-2)7-4-11)15(19)14-8-5-12(16)9-17-14/h3-9H,10,16H2,1-2H3. The number of benzene rings is 1. The second-order valence-corrected chi connectivity index (χ2v) is 4.49. The molecular weight excluding hydrogens is 254 g/mol. The number of nitrogens with two attached hydrogens (primary N) is 1. The lowest BCUT2D eigenvalue weighted by Gasteiger charge is -2.17. The molecule has 1 heterocycles. The van der Waals surface area contributed by atoms with Crippen molar-refractivity contribution in [2.45, 2.75) is 6.54 Å². The van der Waals surface area contributed by atoms with E-state index in [1.54, 1.807) is 31.2 Å². The Kier molecular flexibility index (Phi) is 4.20. The van der Waals surface area contributed by atoms with Gasteiger partial charge in [-0.15, -0.1) is 0 Å². The third-order valence-electron chi connectivity index (χ3n) is 2.93. The summed E-state index contributed by atoms with van der Waals surface area (Å²) < 4.78 is 5.10. The Hall–Kier alpha value is -2.56. The molecular formula is C15H17N3O2. The van der Waals surface area contributed by atoms with Crippen LogP contribution in [0.5, 0.6) is 5.75 Å². The summed E-state index contributed by atoms with van der Waals surface area (Å²) in [7, 11) is 3.36. The van der Waals surface area contributed by atoms with E-state index in [9.17, 15) is 4.79 Å². The molecule has 0 saturated carbocycles. The lowest BCUT2D eigenvalue weighted by atomic mass is 10.2. The van der Waals surface area contributed by atoms with Crippen molar-refractivity contribution in [2.24, 2.45) is 0 Å². The summed E-state index contributed by atoms with van der Waals surface area (Å²) in [5, 5.41) is 0. The summed E-state index contributed by atoms with van der Waals surface area (Å²) in [6, 6.07) is 10.9. The minimum atomic E-state index is -0.138. The van der Waals surface area contributed by atoms with E-state index in [4.69, 9.17) is 10.5 Å². The zero-order valence-corrected chi connectivity index (χ0v) is 11.5. The molecule has 104 valence electrons. The molecule has 20 heavy (non-hydrogen) atoms. The van der Waals surface area contributed by atoms with Gasteiger partial charge in [0.2, 0.25) is 0 Å². The number of carbonyl (C=O) groups excluding carboxylic acids is 1. The van der Waals surface area contributed by atoms with Crippen LogP contribution in [0.15, 0.2) is 42.6 Å². The monoisotopic (exact) mass is 271 g/mol. The SMILES string of the molecule is COc1ccc(CN(C)C(=O)c2ccc(N)cn2)cc1. The quantitative estimate of drug-likeness (QED) is 0.922. The molecule has 0 atom stereocenters. The third kappa shape index (κ3) is 3.26. The summed E-state index contributed by atoms with van der Waals surface area (Å²) in [4.78, 5) is 17.8. The Morgan fingerprint density at radius 3 is 2.50 bits per heavy atom. The van der Waals surface area contributed by atoms with E-state index in [0.717, 1.165) is 11.3 Å². The van der Waals surface area contributed by atoms with E-state index >= 15 is 0 Å². The van der Waals surface area contributed by atoms with Crippen LogP contribution in [0.4, 0.5) is 5.69 Å². The maximum Gasteiger partial charge on any atom is 0.272 e. The highest BCUT2D eigenvalue weighted by Crippen LogP contribution is 2.13. The zero-order valence-electron chi connectivity index (χ0n) is 11.5. The van der Waals surface area contributed by atoms with Gasteiger partial charge in [0, 0.05) is 13.6 Å². The van der Waals surface area contributed by atoms with E-state index < -0.39 is 0 Å². The van der Waals surface area contributed by atoms with Crippen LogP contribution in [0.2, 0.25) is 0 Å². The van der Waals surface area contributed by atoms with Gasteiger partial charge >= 0.3 is 0 Å². The summed E-state index contributed by atoms with van der Waals surface area (Å²) in [6.07, 6.45) is 1.48. The Bertz CT molecular complexity index is 579. The fourth-order valence-electron chi connectivity index (χ4n) is 1.80. The maximum atomic E-state index is 12.2. The molecule has 1 aromatic carbocycles. The summed E-state index contributed by atoms with van der Waals surface area (Å²) in [5.74, 6) is 0.656. The van der Waals surface area contributed by atoms with Crippen molar-refractivity contribution >= 4 is 11.6 Å². The minimum absolute atomic E-state index is 0.138.